The third-order valence-corrected chi connectivity index (χ3v) is 4.34. The molecule has 1 aliphatic rings. The van der Waals surface area contributed by atoms with Crippen molar-refractivity contribution in [2.45, 2.75) is 58.5 Å². The molecule has 0 aromatic carbocycles. The maximum atomic E-state index is 13.0. The van der Waals surface area contributed by atoms with Gasteiger partial charge in [0, 0.05) is 6.20 Å². The molecule has 5 heteroatoms. The van der Waals surface area contributed by atoms with Gasteiger partial charge >= 0.3 is 0 Å². The molecule has 21 heavy (non-hydrogen) atoms. The second-order valence-electron chi connectivity index (χ2n) is 5.60. The molecule has 2 heterocycles. The van der Waals surface area contributed by atoms with Crippen LogP contribution >= 0.6 is 0 Å². The number of aromatic nitrogens is 1. The maximum absolute atomic E-state index is 13.0. The number of hydrogen-bond donors (Lipinski definition) is 1. The first-order chi connectivity index (χ1) is 9.99. The Kier molecular flexibility index (Phi) is 4.30. The van der Waals surface area contributed by atoms with Gasteiger partial charge in [-0.2, -0.15) is 0 Å². The van der Waals surface area contributed by atoms with E-state index in [-0.39, 0.29) is 11.8 Å². The minimum atomic E-state index is -0.799. The smallest absolute Gasteiger partial charge is 0.253 e. The number of nitrogens with one attached hydrogen (secondary N) is 1. The monoisotopic (exact) mass is 289 g/mol. The van der Waals surface area contributed by atoms with Crippen LogP contribution in [0, 0.1) is 6.92 Å². The molecule has 1 N–H and O–H groups in total. The van der Waals surface area contributed by atoms with E-state index < -0.39 is 11.6 Å². The van der Waals surface area contributed by atoms with E-state index in [4.69, 9.17) is 0 Å². The van der Waals surface area contributed by atoms with Crippen LogP contribution in [-0.2, 0) is 9.59 Å². The van der Waals surface area contributed by atoms with Crippen molar-refractivity contribution in [3.63, 3.8) is 0 Å². The van der Waals surface area contributed by atoms with Gasteiger partial charge in [0.05, 0.1) is 11.9 Å². The Hall–Kier alpha value is -1.91. The molecule has 2 amide bonds. The average molecular weight is 289 g/mol. The number of pyridine rings is 1. The van der Waals surface area contributed by atoms with Crippen LogP contribution in [0.1, 0.15) is 45.6 Å². The molecule has 0 aliphatic carbocycles. The summed E-state index contributed by atoms with van der Waals surface area (Å²) >= 11 is 0. The van der Waals surface area contributed by atoms with Crippen molar-refractivity contribution >= 4 is 17.5 Å². The van der Waals surface area contributed by atoms with Crippen LogP contribution in [0.5, 0.6) is 0 Å². The van der Waals surface area contributed by atoms with Crippen LogP contribution in [-0.4, -0.2) is 28.4 Å². The van der Waals surface area contributed by atoms with Crippen LogP contribution in [0.2, 0.25) is 0 Å². The predicted molar refractivity (Wildman–Crippen MR) is 82.0 cm³/mol. The Morgan fingerprint density at radius 2 is 1.90 bits per heavy atom. The van der Waals surface area contributed by atoms with Gasteiger partial charge < -0.3 is 5.32 Å². The highest BCUT2D eigenvalue weighted by Crippen LogP contribution is 2.30. The fourth-order valence-electron chi connectivity index (χ4n) is 2.93. The molecule has 2 rings (SSSR count). The quantitative estimate of drug-likeness (QED) is 0.924. The lowest BCUT2D eigenvalue weighted by atomic mass is 9.86. The van der Waals surface area contributed by atoms with E-state index >= 15 is 0 Å². The standard InChI is InChI=1S/C16H23N3O2/c1-5-13-14(20)18-16(6-2,7-3)15(21)19(13)12-8-11(4)9-17-10-12/h8-10,13H,5-7H2,1-4H3,(H,18,20). The van der Waals surface area contributed by atoms with E-state index in [0.29, 0.717) is 24.9 Å². The number of nitrogens with zero attached hydrogens (tertiary/aromatic N) is 2. The van der Waals surface area contributed by atoms with Crippen molar-refractivity contribution in [3.05, 3.63) is 24.0 Å². The van der Waals surface area contributed by atoms with Gasteiger partial charge in [-0.25, -0.2) is 0 Å². The lowest BCUT2D eigenvalue weighted by Crippen LogP contribution is -2.70. The second-order valence-corrected chi connectivity index (χ2v) is 5.60. The van der Waals surface area contributed by atoms with Crippen molar-refractivity contribution in [1.29, 1.82) is 0 Å². The van der Waals surface area contributed by atoms with E-state index in [9.17, 15) is 9.59 Å². The van der Waals surface area contributed by atoms with Gasteiger partial charge in [0.2, 0.25) is 5.91 Å². The maximum Gasteiger partial charge on any atom is 0.253 e. The second kappa shape index (κ2) is 5.84. The molecule has 1 fully saturated rings. The third-order valence-electron chi connectivity index (χ3n) is 4.34. The summed E-state index contributed by atoms with van der Waals surface area (Å²) in [6, 6.07) is 1.44. The van der Waals surface area contributed by atoms with E-state index in [1.54, 1.807) is 17.3 Å². The minimum Gasteiger partial charge on any atom is -0.340 e. The van der Waals surface area contributed by atoms with Gasteiger partial charge in [0.25, 0.3) is 5.91 Å². The van der Waals surface area contributed by atoms with Gasteiger partial charge in [-0.1, -0.05) is 20.8 Å². The molecule has 0 bridgehead atoms. The summed E-state index contributed by atoms with van der Waals surface area (Å²) < 4.78 is 0. The number of hydrogen-bond acceptors (Lipinski definition) is 3. The Balaban J connectivity index is 2.52. The number of carbonyl (C=O) groups excluding carboxylic acids is 2. The molecule has 1 atom stereocenters. The minimum absolute atomic E-state index is 0.0358. The Morgan fingerprint density at radius 3 is 2.43 bits per heavy atom. The Bertz CT molecular complexity index is 552. The van der Waals surface area contributed by atoms with Crippen LogP contribution in [0.25, 0.3) is 0 Å². The first-order valence-electron chi connectivity index (χ1n) is 7.56. The molecule has 1 aromatic rings. The highest BCUT2D eigenvalue weighted by atomic mass is 16.2. The van der Waals surface area contributed by atoms with E-state index in [1.807, 2.05) is 33.8 Å². The number of aryl methyl sites for hydroxylation is 1. The van der Waals surface area contributed by atoms with E-state index in [1.165, 1.54) is 0 Å². The summed E-state index contributed by atoms with van der Waals surface area (Å²) in [6.07, 6.45) is 5.14. The van der Waals surface area contributed by atoms with Gasteiger partial charge in [-0.05, 0) is 37.8 Å². The van der Waals surface area contributed by atoms with Crippen LogP contribution in [0.15, 0.2) is 18.5 Å². The lowest BCUT2D eigenvalue weighted by Gasteiger charge is -2.45. The predicted octanol–water partition coefficient (Wildman–Crippen LogP) is 2.19. The van der Waals surface area contributed by atoms with Crippen molar-refractivity contribution < 1.29 is 9.59 Å². The van der Waals surface area contributed by atoms with Crippen molar-refractivity contribution in [1.82, 2.24) is 10.3 Å². The summed E-state index contributed by atoms with van der Waals surface area (Å²) in [5, 5.41) is 2.94. The molecule has 0 saturated carbocycles. The molecular formula is C16H23N3O2. The third kappa shape index (κ3) is 2.52. The van der Waals surface area contributed by atoms with Crippen molar-refractivity contribution in [3.8, 4) is 0 Å². The van der Waals surface area contributed by atoms with Gasteiger partial charge in [-0.3, -0.25) is 19.5 Å². The fourth-order valence-corrected chi connectivity index (χ4v) is 2.93. The summed E-state index contributed by atoms with van der Waals surface area (Å²) in [5.41, 5.74) is 0.875. The first-order valence-corrected chi connectivity index (χ1v) is 7.56. The van der Waals surface area contributed by atoms with Crippen LogP contribution in [0.4, 0.5) is 5.69 Å². The number of piperazine rings is 1. The Morgan fingerprint density at radius 1 is 1.24 bits per heavy atom. The first kappa shape index (κ1) is 15.5. The van der Waals surface area contributed by atoms with E-state index in [2.05, 4.69) is 10.3 Å². The molecule has 1 unspecified atom stereocenters. The molecular weight excluding hydrogens is 266 g/mol. The fraction of sp³-hybridized carbons (Fsp3) is 0.562. The SMILES string of the molecule is CCC1C(=O)NC(CC)(CC)C(=O)N1c1cncc(C)c1. The normalized spacial score (nSPS) is 21.3. The topological polar surface area (TPSA) is 62.3 Å². The number of rotatable bonds is 4. The van der Waals surface area contributed by atoms with Crippen molar-refractivity contribution in [2.24, 2.45) is 0 Å². The largest absolute Gasteiger partial charge is 0.340 e. The van der Waals surface area contributed by atoms with Gasteiger partial charge in [-0.15, -0.1) is 0 Å². The molecule has 114 valence electrons. The summed E-state index contributed by atoms with van der Waals surface area (Å²) in [4.78, 5) is 31.3. The van der Waals surface area contributed by atoms with Crippen LogP contribution in [0.3, 0.4) is 0 Å². The molecule has 1 aliphatic heterocycles. The number of anilines is 1. The molecule has 0 radical (unpaired) electrons. The summed E-state index contributed by atoms with van der Waals surface area (Å²) in [6.45, 7) is 7.71. The zero-order valence-corrected chi connectivity index (χ0v) is 13.1. The number of carbonyl (C=O) groups is 2. The molecule has 1 saturated heterocycles. The zero-order valence-electron chi connectivity index (χ0n) is 13.1. The molecule has 0 spiro atoms. The van der Waals surface area contributed by atoms with Crippen molar-refractivity contribution in [2.75, 3.05) is 4.90 Å². The summed E-state index contributed by atoms with van der Waals surface area (Å²) in [5.74, 6) is -0.117. The summed E-state index contributed by atoms with van der Waals surface area (Å²) in [7, 11) is 0. The Labute approximate surface area is 125 Å². The average Bonchev–Trinajstić information content (AvgIpc) is 2.48. The van der Waals surface area contributed by atoms with E-state index in [0.717, 1.165) is 5.56 Å². The zero-order chi connectivity index (χ0) is 15.6. The lowest BCUT2D eigenvalue weighted by molar-refractivity contribution is -0.138. The highest BCUT2D eigenvalue weighted by Gasteiger charge is 2.48. The number of amides is 2. The van der Waals surface area contributed by atoms with Crippen LogP contribution < -0.4 is 10.2 Å². The van der Waals surface area contributed by atoms with Gasteiger partial charge in [0.1, 0.15) is 11.6 Å². The molecule has 1 aromatic heterocycles. The highest BCUT2D eigenvalue weighted by molar-refractivity contribution is 6.10. The van der Waals surface area contributed by atoms with Gasteiger partial charge in [0.15, 0.2) is 0 Å². The molecule has 5 nitrogen and oxygen atoms in total.